The van der Waals surface area contributed by atoms with Gasteiger partial charge in [-0.05, 0) is 49.1 Å². The molecular weight excluding hydrogens is 272 g/mol. The minimum Gasteiger partial charge on any atom is -0.454 e. The number of benzene rings is 1. The van der Waals surface area contributed by atoms with E-state index in [2.05, 4.69) is 11.9 Å². The molecule has 0 saturated carbocycles. The molecule has 1 aromatic carbocycles. The van der Waals surface area contributed by atoms with Crippen LogP contribution in [-0.2, 0) is 6.42 Å². The van der Waals surface area contributed by atoms with E-state index in [1.165, 1.54) is 0 Å². The van der Waals surface area contributed by atoms with Crippen LogP contribution >= 0.6 is 11.6 Å². The summed E-state index contributed by atoms with van der Waals surface area (Å²) in [5, 5.41) is 0.598. The average molecular weight is 291 g/mol. The Labute approximate surface area is 124 Å². The highest BCUT2D eigenvalue weighted by molar-refractivity contribution is 6.32. The number of nitrogens with two attached hydrogens (primary N) is 1. The van der Waals surface area contributed by atoms with Gasteiger partial charge in [0.15, 0.2) is 0 Å². The van der Waals surface area contributed by atoms with Crippen LogP contribution in [0.1, 0.15) is 24.5 Å². The summed E-state index contributed by atoms with van der Waals surface area (Å²) in [4.78, 5) is 4.19. The quantitative estimate of drug-likeness (QED) is 0.901. The van der Waals surface area contributed by atoms with Crippen LogP contribution in [0.15, 0.2) is 36.7 Å². The Hall–Kier alpha value is -1.58. The molecule has 2 aromatic rings. The van der Waals surface area contributed by atoms with Gasteiger partial charge < -0.3 is 10.5 Å². The molecule has 1 aromatic heterocycles. The smallest absolute Gasteiger partial charge is 0.146 e. The first-order valence-corrected chi connectivity index (χ1v) is 7.09. The maximum Gasteiger partial charge on any atom is 0.146 e. The Kier molecular flexibility index (Phi) is 4.99. The lowest BCUT2D eigenvalue weighted by Crippen LogP contribution is -2.21. The summed E-state index contributed by atoms with van der Waals surface area (Å²) in [6.07, 6.45) is 5.23. The second kappa shape index (κ2) is 6.73. The molecule has 3 nitrogen and oxygen atoms in total. The fraction of sp³-hybridized carbons (Fsp3) is 0.312. The first-order valence-electron chi connectivity index (χ1n) is 6.72. The molecule has 1 heterocycles. The molecule has 1 unspecified atom stereocenters. The second-order valence-electron chi connectivity index (χ2n) is 4.94. The van der Waals surface area contributed by atoms with Crippen molar-refractivity contribution in [3.63, 3.8) is 0 Å². The number of hydrogen-bond donors (Lipinski definition) is 1. The van der Waals surface area contributed by atoms with E-state index in [0.717, 1.165) is 24.0 Å². The SMILES string of the molecule is CCC(N)Cc1cncc(Oc2ccc(C)cc2Cl)c1. The van der Waals surface area contributed by atoms with Crippen molar-refractivity contribution in [3.8, 4) is 11.5 Å². The maximum absolute atomic E-state index is 6.16. The molecule has 20 heavy (non-hydrogen) atoms. The highest BCUT2D eigenvalue weighted by Gasteiger charge is 2.06. The van der Waals surface area contributed by atoms with E-state index in [4.69, 9.17) is 22.1 Å². The fourth-order valence-electron chi connectivity index (χ4n) is 1.89. The summed E-state index contributed by atoms with van der Waals surface area (Å²) in [5.41, 5.74) is 8.13. The molecule has 0 saturated heterocycles. The Morgan fingerprint density at radius 1 is 1.30 bits per heavy atom. The number of rotatable bonds is 5. The summed E-state index contributed by atoms with van der Waals surface area (Å²) >= 11 is 6.16. The topological polar surface area (TPSA) is 48.1 Å². The van der Waals surface area contributed by atoms with Gasteiger partial charge in [0.05, 0.1) is 11.2 Å². The molecular formula is C16H19ClN2O. The predicted molar refractivity (Wildman–Crippen MR) is 82.5 cm³/mol. The zero-order valence-corrected chi connectivity index (χ0v) is 12.5. The normalized spacial score (nSPS) is 12.2. The van der Waals surface area contributed by atoms with Crippen molar-refractivity contribution in [2.45, 2.75) is 32.7 Å². The Morgan fingerprint density at radius 3 is 2.80 bits per heavy atom. The highest BCUT2D eigenvalue weighted by atomic mass is 35.5. The van der Waals surface area contributed by atoms with Crippen molar-refractivity contribution in [1.82, 2.24) is 4.98 Å². The van der Waals surface area contributed by atoms with Crippen LogP contribution in [-0.4, -0.2) is 11.0 Å². The van der Waals surface area contributed by atoms with E-state index >= 15 is 0 Å². The van der Waals surface area contributed by atoms with E-state index in [1.807, 2.05) is 37.4 Å². The first-order chi connectivity index (χ1) is 9.58. The third-order valence-electron chi connectivity index (χ3n) is 3.11. The standard InChI is InChI=1S/C16H19ClN2O/c1-3-13(18)7-12-8-14(10-19-9-12)20-16-5-4-11(2)6-15(16)17/h4-6,8-10,13H,3,7,18H2,1-2H3. The van der Waals surface area contributed by atoms with Crippen molar-refractivity contribution < 1.29 is 4.74 Å². The summed E-state index contributed by atoms with van der Waals surface area (Å²) in [5.74, 6) is 1.31. The van der Waals surface area contributed by atoms with Crippen LogP contribution in [0.3, 0.4) is 0 Å². The number of halogens is 1. The largest absolute Gasteiger partial charge is 0.454 e. The third kappa shape index (κ3) is 3.95. The summed E-state index contributed by atoms with van der Waals surface area (Å²) in [7, 11) is 0. The second-order valence-corrected chi connectivity index (χ2v) is 5.34. The van der Waals surface area contributed by atoms with Crippen molar-refractivity contribution in [2.75, 3.05) is 0 Å². The molecule has 1 atom stereocenters. The fourth-order valence-corrected chi connectivity index (χ4v) is 2.17. The number of aryl methyl sites for hydroxylation is 1. The molecule has 0 aliphatic rings. The number of aromatic nitrogens is 1. The Morgan fingerprint density at radius 2 is 2.10 bits per heavy atom. The van der Waals surface area contributed by atoms with Gasteiger partial charge in [-0.3, -0.25) is 4.98 Å². The Bertz CT molecular complexity index is 586. The molecule has 0 amide bonds. The van der Waals surface area contributed by atoms with Crippen molar-refractivity contribution in [1.29, 1.82) is 0 Å². The van der Waals surface area contributed by atoms with Gasteiger partial charge in [-0.2, -0.15) is 0 Å². The number of hydrogen-bond acceptors (Lipinski definition) is 3. The van der Waals surface area contributed by atoms with Gasteiger partial charge in [0, 0.05) is 12.2 Å². The number of ether oxygens (including phenoxy) is 1. The lowest BCUT2D eigenvalue weighted by Gasteiger charge is -2.11. The van der Waals surface area contributed by atoms with Crippen LogP contribution in [0.5, 0.6) is 11.5 Å². The maximum atomic E-state index is 6.16. The molecule has 0 spiro atoms. The predicted octanol–water partition coefficient (Wildman–Crippen LogP) is 4.12. The summed E-state index contributed by atoms with van der Waals surface area (Å²) < 4.78 is 5.78. The van der Waals surface area contributed by atoms with E-state index in [-0.39, 0.29) is 6.04 Å². The van der Waals surface area contributed by atoms with E-state index in [1.54, 1.807) is 6.20 Å². The molecule has 0 radical (unpaired) electrons. The molecule has 2 rings (SSSR count). The highest BCUT2D eigenvalue weighted by Crippen LogP contribution is 2.30. The molecule has 0 bridgehead atoms. The van der Waals surface area contributed by atoms with Crippen molar-refractivity contribution >= 4 is 11.6 Å². The van der Waals surface area contributed by atoms with Crippen LogP contribution < -0.4 is 10.5 Å². The van der Waals surface area contributed by atoms with Gasteiger partial charge in [-0.15, -0.1) is 0 Å². The molecule has 0 aliphatic carbocycles. The molecule has 4 heteroatoms. The molecule has 2 N–H and O–H groups in total. The minimum atomic E-state index is 0.148. The zero-order valence-electron chi connectivity index (χ0n) is 11.8. The van der Waals surface area contributed by atoms with Gasteiger partial charge >= 0.3 is 0 Å². The average Bonchev–Trinajstić information content (AvgIpc) is 2.42. The van der Waals surface area contributed by atoms with Crippen LogP contribution in [0.2, 0.25) is 5.02 Å². The van der Waals surface area contributed by atoms with Gasteiger partial charge in [-0.25, -0.2) is 0 Å². The monoisotopic (exact) mass is 290 g/mol. The van der Waals surface area contributed by atoms with Crippen LogP contribution in [0, 0.1) is 6.92 Å². The summed E-state index contributed by atoms with van der Waals surface area (Å²) in [6.45, 7) is 4.06. The number of pyridine rings is 1. The molecule has 0 fully saturated rings. The third-order valence-corrected chi connectivity index (χ3v) is 3.40. The first kappa shape index (κ1) is 14.8. The minimum absolute atomic E-state index is 0.148. The van der Waals surface area contributed by atoms with Gasteiger partial charge in [0.2, 0.25) is 0 Å². The van der Waals surface area contributed by atoms with E-state index < -0.39 is 0 Å². The zero-order chi connectivity index (χ0) is 14.5. The molecule has 106 valence electrons. The van der Waals surface area contributed by atoms with Gasteiger partial charge in [-0.1, -0.05) is 24.6 Å². The van der Waals surface area contributed by atoms with Gasteiger partial charge in [0.1, 0.15) is 11.5 Å². The van der Waals surface area contributed by atoms with Gasteiger partial charge in [0.25, 0.3) is 0 Å². The lowest BCUT2D eigenvalue weighted by molar-refractivity contribution is 0.479. The van der Waals surface area contributed by atoms with Crippen LogP contribution in [0.25, 0.3) is 0 Å². The van der Waals surface area contributed by atoms with Crippen molar-refractivity contribution in [3.05, 3.63) is 52.8 Å². The molecule has 0 aliphatic heterocycles. The van der Waals surface area contributed by atoms with Crippen molar-refractivity contribution in [2.24, 2.45) is 5.73 Å². The summed E-state index contributed by atoms with van der Waals surface area (Å²) in [6, 6.07) is 7.81. The van der Waals surface area contributed by atoms with E-state index in [0.29, 0.717) is 16.5 Å². The van der Waals surface area contributed by atoms with E-state index in [9.17, 15) is 0 Å². The number of nitrogens with zero attached hydrogens (tertiary/aromatic N) is 1. The Balaban J connectivity index is 2.15. The van der Waals surface area contributed by atoms with Crippen LogP contribution in [0.4, 0.5) is 0 Å². The lowest BCUT2D eigenvalue weighted by atomic mass is 10.1.